The Morgan fingerprint density at radius 3 is 2.52 bits per heavy atom. The molecule has 0 saturated carbocycles. The van der Waals surface area contributed by atoms with Crippen molar-refractivity contribution >= 4 is 22.4 Å². The Balaban J connectivity index is 1.34. The molecule has 2 aliphatic rings. The molecular formula is C20H24N6O. The first kappa shape index (κ1) is 16.5. The maximum atomic E-state index is 5.23. The van der Waals surface area contributed by atoms with Gasteiger partial charge in [-0.3, -0.25) is 4.90 Å². The van der Waals surface area contributed by atoms with Gasteiger partial charge in [-0.2, -0.15) is 0 Å². The summed E-state index contributed by atoms with van der Waals surface area (Å²) in [5.41, 5.74) is 2.29. The van der Waals surface area contributed by atoms with Crippen LogP contribution in [0.5, 0.6) is 0 Å². The minimum Gasteiger partial charge on any atom is -0.369 e. The van der Waals surface area contributed by atoms with Gasteiger partial charge in [0, 0.05) is 56.4 Å². The van der Waals surface area contributed by atoms with Gasteiger partial charge in [0.15, 0.2) is 5.76 Å². The molecule has 140 valence electrons. The fraction of sp³-hybridized carbons (Fsp3) is 0.450. The summed E-state index contributed by atoms with van der Waals surface area (Å²) >= 11 is 0. The van der Waals surface area contributed by atoms with Crippen molar-refractivity contribution in [2.45, 2.75) is 19.4 Å². The van der Waals surface area contributed by atoms with Crippen molar-refractivity contribution < 1.29 is 4.52 Å². The first-order valence-corrected chi connectivity index (χ1v) is 9.73. The van der Waals surface area contributed by atoms with Crippen LogP contribution in [0.3, 0.4) is 0 Å². The predicted octanol–water partition coefficient (Wildman–Crippen LogP) is 2.54. The second-order valence-electron chi connectivity index (χ2n) is 7.33. The standard InChI is InChI=1S/C20H24N6O/c1-2-8-26(7-1)20-18-13-16(3-4-19(18)21-15-22-20)25-11-9-24(10-12-25)14-17-5-6-23-27-17/h3-6,13,15H,1-2,7-12,14H2. The van der Waals surface area contributed by atoms with Crippen LogP contribution in [-0.2, 0) is 6.54 Å². The molecule has 2 aromatic heterocycles. The van der Waals surface area contributed by atoms with E-state index >= 15 is 0 Å². The molecule has 3 aromatic rings. The van der Waals surface area contributed by atoms with Crippen LogP contribution in [0.15, 0.2) is 41.3 Å². The lowest BCUT2D eigenvalue weighted by molar-refractivity contribution is 0.220. The predicted molar refractivity (Wildman–Crippen MR) is 105 cm³/mol. The van der Waals surface area contributed by atoms with E-state index in [4.69, 9.17) is 4.52 Å². The molecule has 0 atom stereocenters. The molecule has 0 unspecified atom stereocenters. The Labute approximate surface area is 158 Å². The van der Waals surface area contributed by atoms with E-state index in [-0.39, 0.29) is 0 Å². The van der Waals surface area contributed by atoms with E-state index < -0.39 is 0 Å². The molecular weight excluding hydrogens is 340 g/mol. The SMILES string of the molecule is c1cc(CN2CCN(c3ccc4ncnc(N5CCCC5)c4c3)CC2)on1. The number of hydrogen-bond donors (Lipinski definition) is 0. The number of hydrogen-bond acceptors (Lipinski definition) is 7. The quantitative estimate of drug-likeness (QED) is 0.705. The highest BCUT2D eigenvalue weighted by molar-refractivity contribution is 5.92. The summed E-state index contributed by atoms with van der Waals surface area (Å²) in [6, 6.07) is 8.53. The molecule has 0 spiro atoms. The van der Waals surface area contributed by atoms with E-state index in [1.165, 1.54) is 23.9 Å². The summed E-state index contributed by atoms with van der Waals surface area (Å²) in [5.74, 6) is 2.02. The minimum atomic E-state index is 0.832. The zero-order chi connectivity index (χ0) is 18.1. The number of aromatic nitrogens is 3. The van der Waals surface area contributed by atoms with E-state index in [1.54, 1.807) is 12.5 Å². The van der Waals surface area contributed by atoms with E-state index in [1.807, 2.05) is 6.07 Å². The van der Waals surface area contributed by atoms with Gasteiger partial charge in [0.1, 0.15) is 12.1 Å². The van der Waals surface area contributed by atoms with Crippen molar-refractivity contribution in [3.63, 3.8) is 0 Å². The molecule has 0 bridgehead atoms. The Morgan fingerprint density at radius 1 is 0.889 bits per heavy atom. The molecule has 27 heavy (non-hydrogen) atoms. The highest BCUT2D eigenvalue weighted by atomic mass is 16.5. The molecule has 5 rings (SSSR count). The summed E-state index contributed by atoms with van der Waals surface area (Å²) in [5, 5.41) is 4.96. The molecule has 1 aromatic carbocycles. The van der Waals surface area contributed by atoms with Crippen molar-refractivity contribution in [3.05, 3.63) is 42.5 Å². The molecule has 0 aliphatic carbocycles. The van der Waals surface area contributed by atoms with Crippen LogP contribution in [0.1, 0.15) is 18.6 Å². The zero-order valence-electron chi connectivity index (χ0n) is 15.4. The third-order valence-electron chi connectivity index (χ3n) is 5.61. The Bertz CT molecular complexity index is 898. The van der Waals surface area contributed by atoms with Gasteiger partial charge in [-0.25, -0.2) is 9.97 Å². The monoisotopic (exact) mass is 364 g/mol. The number of fused-ring (bicyclic) bond motifs is 1. The van der Waals surface area contributed by atoms with Crippen LogP contribution in [-0.4, -0.2) is 59.3 Å². The van der Waals surface area contributed by atoms with Crippen LogP contribution >= 0.6 is 0 Å². The van der Waals surface area contributed by atoms with Gasteiger partial charge in [-0.1, -0.05) is 5.16 Å². The summed E-state index contributed by atoms with van der Waals surface area (Å²) in [6.07, 6.45) is 5.90. The summed E-state index contributed by atoms with van der Waals surface area (Å²) in [7, 11) is 0. The molecule has 2 fully saturated rings. The van der Waals surface area contributed by atoms with Gasteiger partial charge in [0.05, 0.1) is 18.3 Å². The maximum absolute atomic E-state index is 5.23. The van der Waals surface area contributed by atoms with Gasteiger partial charge in [-0.15, -0.1) is 0 Å². The second kappa shape index (κ2) is 7.15. The van der Waals surface area contributed by atoms with E-state index in [9.17, 15) is 0 Å². The third kappa shape index (κ3) is 3.35. The molecule has 0 amide bonds. The Kier molecular flexibility index (Phi) is 4.37. The van der Waals surface area contributed by atoms with Gasteiger partial charge < -0.3 is 14.3 Å². The first-order chi connectivity index (χ1) is 13.4. The van der Waals surface area contributed by atoms with Crippen molar-refractivity contribution in [2.75, 3.05) is 49.1 Å². The number of anilines is 2. The molecule has 4 heterocycles. The number of piperazine rings is 1. The van der Waals surface area contributed by atoms with E-state index in [0.29, 0.717) is 0 Å². The highest BCUT2D eigenvalue weighted by Crippen LogP contribution is 2.30. The minimum absolute atomic E-state index is 0.832. The maximum Gasteiger partial charge on any atom is 0.150 e. The van der Waals surface area contributed by atoms with Gasteiger partial charge in [0.2, 0.25) is 0 Å². The summed E-state index contributed by atoms with van der Waals surface area (Å²) in [4.78, 5) is 16.3. The average Bonchev–Trinajstić information content (AvgIpc) is 3.42. The highest BCUT2D eigenvalue weighted by Gasteiger charge is 2.20. The normalized spacial score (nSPS) is 18.5. The van der Waals surface area contributed by atoms with Gasteiger partial charge in [-0.05, 0) is 31.0 Å². The van der Waals surface area contributed by atoms with Gasteiger partial charge in [0.25, 0.3) is 0 Å². The van der Waals surface area contributed by atoms with Crippen LogP contribution < -0.4 is 9.80 Å². The van der Waals surface area contributed by atoms with Crippen LogP contribution in [0.25, 0.3) is 10.9 Å². The molecule has 7 heteroatoms. The van der Waals surface area contributed by atoms with Crippen molar-refractivity contribution in [3.8, 4) is 0 Å². The molecule has 2 saturated heterocycles. The fourth-order valence-electron chi connectivity index (χ4n) is 4.12. The largest absolute Gasteiger partial charge is 0.369 e. The molecule has 2 aliphatic heterocycles. The lowest BCUT2D eigenvalue weighted by Crippen LogP contribution is -2.45. The molecule has 7 nitrogen and oxygen atoms in total. The number of rotatable bonds is 4. The Hall–Kier alpha value is -2.67. The van der Waals surface area contributed by atoms with E-state index in [2.05, 4.69) is 48.0 Å². The lowest BCUT2D eigenvalue weighted by atomic mass is 10.1. The van der Waals surface area contributed by atoms with Gasteiger partial charge >= 0.3 is 0 Å². The van der Waals surface area contributed by atoms with Crippen LogP contribution in [0.4, 0.5) is 11.5 Å². The molecule has 0 N–H and O–H groups in total. The average molecular weight is 364 g/mol. The number of benzene rings is 1. The van der Waals surface area contributed by atoms with Crippen molar-refractivity contribution in [1.82, 2.24) is 20.0 Å². The van der Waals surface area contributed by atoms with E-state index in [0.717, 1.165) is 62.9 Å². The lowest BCUT2D eigenvalue weighted by Gasteiger charge is -2.35. The molecule has 0 radical (unpaired) electrons. The fourth-order valence-corrected chi connectivity index (χ4v) is 4.12. The number of nitrogens with zero attached hydrogens (tertiary/aromatic N) is 6. The summed E-state index contributed by atoms with van der Waals surface area (Å²) < 4.78 is 5.23. The van der Waals surface area contributed by atoms with Crippen LogP contribution in [0, 0.1) is 0 Å². The zero-order valence-corrected chi connectivity index (χ0v) is 15.4. The smallest absolute Gasteiger partial charge is 0.150 e. The topological polar surface area (TPSA) is 61.5 Å². The van der Waals surface area contributed by atoms with Crippen molar-refractivity contribution in [1.29, 1.82) is 0 Å². The second-order valence-corrected chi connectivity index (χ2v) is 7.33. The van der Waals surface area contributed by atoms with Crippen LogP contribution in [0.2, 0.25) is 0 Å². The third-order valence-corrected chi connectivity index (χ3v) is 5.61. The first-order valence-electron chi connectivity index (χ1n) is 9.73. The Morgan fingerprint density at radius 2 is 1.74 bits per heavy atom. The summed E-state index contributed by atoms with van der Waals surface area (Å²) in [6.45, 7) is 7.07. The van der Waals surface area contributed by atoms with Crippen molar-refractivity contribution in [2.24, 2.45) is 0 Å².